The molecule has 2 aromatic heterocycles. The highest BCUT2D eigenvalue weighted by atomic mass is 16.4. The Morgan fingerprint density at radius 1 is 1.24 bits per heavy atom. The molecule has 0 aliphatic carbocycles. The van der Waals surface area contributed by atoms with E-state index in [4.69, 9.17) is 5.11 Å². The number of nitrogens with zero attached hydrogens (tertiary/aromatic N) is 1. The summed E-state index contributed by atoms with van der Waals surface area (Å²) in [7, 11) is 0. The molecule has 0 bridgehead atoms. The molecule has 0 saturated heterocycles. The van der Waals surface area contributed by atoms with E-state index in [1.807, 2.05) is 0 Å². The number of Topliss-reactive ketones (excluding diaryl/α,β-unsaturated/α-hetero) is 1. The van der Waals surface area contributed by atoms with Crippen LogP contribution in [0.25, 0.3) is 5.52 Å². The topological polar surface area (TPSA) is 75.8 Å². The van der Waals surface area contributed by atoms with Gasteiger partial charge in [0.25, 0.3) is 5.56 Å². The molecule has 1 N–H and O–H groups in total. The number of carboxylic acids is 1. The summed E-state index contributed by atoms with van der Waals surface area (Å²) in [6, 6.07) is 5.88. The van der Waals surface area contributed by atoms with Crippen LogP contribution < -0.4 is 5.56 Å². The van der Waals surface area contributed by atoms with Crippen molar-refractivity contribution in [3.63, 3.8) is 0 Å². The summed E-state index contributed by atoms with van der Waals surface area (Å²) in [6.45, 7) is 1.23. The lowest BCUT2D eigenvalue weighted by Crippen LogP contribution is -2.23. The van der Waals surface area contributed by atoms with Crippen LogP contribution >= 0.6 is 0 Å². The fourth-order valence-corrected chi connectivity index (χ4v) is 1.67. The maximum Gasteiger partial charge on any atom is 0.337 e. The number of pyridine rings is 2. The minimum Gasteiger partial charge on any atom is -0.478 e. The Bertz CT molecular complexity index is 684. The van der Waals surface area contributed by atoms with E-state index >= 15 is 0 Å². The highest BCUT2D eigenvalue weighted by molar-refractivity contribution is 6.00. The molecule has 0 spiro atoms. The Morgan fingerprint density at radius 2 is 1.94 bits per heavy atom. The number of fused-ring (bicyclic) bond motifs is 1. The number of rotatable bonds is 2. The number of aromatic nitrogens is 1. The number of aromatic carboxylic acids is 1. The molecule has 17 heavy (non-hydrogen) atoms. The van der Waals surface area contributed by atoms with E-state index in [1.165, 1.54) is 23.6 Å². The normalized spacial score (nSPS) is 10.4. The molecular formula is C12H9NO4. The van der Waals surface area contributed by atoms with Crippen molar-refractivity contribution in [2.24, 2.45) is 0 Å². The second-order valence-corrected chi connectivity index (χ2v) is 3.59. The Morgan fingerprint density at radius 3 is 2.53 bits per heavy atom. The number of ketones is 1. The summed E-state index contributed by atoms with van der Waals surface area (Å²) in [5, 5.41) is 9.05. The lowest BCUT2D eigenvalue weighted by molar-refractivity contribution is 0.0698. The van der Waals surface area contributed by atoms with Gasteiger partial charge in [-0.2, -0.15) is 0 Å². The quantitative estimate of drug-likeness (QED) is 0.788. The minimum atomic E-state index is -1.17. The van der Waals surface area contributed by atoms with Crippen LogP contribution in [0.4, 0.5) is 0 Å². The summed E-state index contributed by atoms with van der Waals surface area (Å²) in [5.41, 5.74) is -0.408. The Hall–Kier alpha value is -2.43. The second-order valence-electron chi connectivity index (χ2n) is 3.59. The highest BCUT2D eigenvalue weighted by Crippen LogP contribution is 2.11. The van der Waals surface area contributed by atoms with E-state index in [-0.39, 0.29) is 16.6 Å². The molecule has 2 aromatic rings. The number of carbonyl (C=O) groups is 2. The van der Waals surface area contributed by atoms with Crippen molar-refractivity contribution in [1.29, 1.82) is 0 Å². The first-order valence-corrected chi connectivity index (χ1v) is 4.91. The zero-order valence-corrected chi connectivity index (χ0v) is 9.01. The first-order chi connectivity index (χ1) is 8.02. The standard InChI is InChI=1S/C12H9NO4/c1-7(14)8-6-9(12(16)17)10-4-2-3-5-13(10)11(8)15/h2-6H,1H3,(H,16,17). The van der Waals surface area contributed by atoms with E-state index in [0.717, 1.165) is 6.07 Å². The second kappa shape index (κ2) is 3.86. The molecule has 0 unspecified atom stereocenters. The van der Waals surface area contributed by atoms with E-state index in [1.54, 1.807) is 12.1 Å². The van der Waals surface area contributed by atoms with Gasteiger partial charge >= 0.3 is 5.97 Å². The largest absolute Gasteiger partial charge is 0.478 e. The van der Waals surface area contributed by atoms with Gasteiger partial charge in [0.15, 0.2) is 5.78 Å². The average Bonchev–Trinajstić information content (AvgIpc) is 2.29. The summed E-state index contributed by atoms with van der Waals surface area (Å²) >= 11 is 0. The van der Waals surface area contributed by atoms with Crippen molar-refractivity contribution in [3.05, 3.63) is 51.9 Å². The fourth-order valence-electron chi connectivity index (χ4n) is 1.67. The predicted molar refractivity (Wildman–Crippen MR) is 60.6 cm³/mol. The predicted octanol–water partition coefficient (Wildman–Crippen LogP) is 1.20. The van der Waals surface area contributed by atoms with Crippen LogP contribution in [-0.2, 0) is 0 Å². The molecule has 0 fully saturated rings. The van der Waals surface area contributed by atoms with Crippen LogP contribution in [0, 0.1) is 0 Å². The van der Waals surface area contributed by atoms with Gasteiger partial charge in [0.1, 0.15) is 0 Å². The summed E-state index contributed by atoms with van der Waals surface area (Å²) in [5.74, 6) is -1.62. The Kier molecular flexibility index (Phi) is 2.51. The van der Waals surface area contributed by atoms with Gasteiger partial charge in [-0.15, -0.1) is 0 Å². The minimum absolute atomic E-state index is 0.0598. The van der Waals surface area contributed by atoms with Crippen LogP contribution in [0.5, 0.6) is 0 Å². The molecule has 0 atom stereocenters. The van der Waals surface area contributed by atoms with Crippen LogP contribution in [0.1, 0.15) is 27.6 Å². The third-order valence-corrected chi connectivity index (χ3v) is 2.48. The summed E-state index contributed by atoms with van der Waals surface area (Å²) < 4.78 is 1.17. The molecule has 0 aliphatic rings. The van der Waals surface area contributed by atoms with Crippen molar-refractivity contribution in [1.82, 2.24) is 4.40 Å². The highest BCUT2D eigenvalue weighted by Gasteiger charge is 2.15. The van der Waals surface area contributed by atoms with Gasteiger partial charge in [0.05, 0.1) is 16.6 Å². The van der Waals surface area contributed by atoms with Crippen LogP contribution in [0.15, 0.2) is 35.3 Å². The van der Waals surface area contributed by atoms with Crippen molar-refractivity contribution >= 4 is 17.3 Å². The first-order valence-electron chi connectivity index (χ1n) is 4.91. The fraction of sp³-hybridized carbons (Fsp3) is 0.0833. The smallest absolute Gasteiger partial charge is 0.337 e. The number of carboxylic acid groups (broad SMARTS) is 1. The lowest BCUT2D eigenvalue weighted by Gasteiger charge is -2.06. The molecule has 86 valence electrons. The maximum atomic E-state index is 11.9. The maximum absolute atomic E-state index is 11.9. The monoisotopic (exact) mass is 231 g/mol. The number of hydrogen-bond donors (Lipinski definition) is 1. The van der Waals surface area contributed by atoms with Gasteiger partial charge in [0.2, 0.25) is 0 Å². The van der Waals surface area contributed by atoms with Crippen molar-refractivity contribution in [2.45, 2.75) is 6.92 Å². The van der Waals surface area contributed by atoms with Crippen LogP contribution in [-0.4, -0.2) is 21.3 Å². The van der Waals surface area contributed by atoms with Gasteiger partial charge < -0.3 is 5.11 Å². The summed E-state index contributed by atoms with van der Waals surface area (Å²) in [4.78, 5) is 34.2. The lowest BCUT2D eigenvalue weighted by atomic mass is 10.1. The zero-order valence-electron chi connectivity index (χ0n) is 9.01. The zero-order chi connectivity index (χ0) is 12.6. The van der Waals surface area contributed by atoms with Crippen LogP contribution in [0.3, 0.4) is 0 Å². The number of carbonyl (C=O) groups excluding carboxylic acids is 1. The number of hydrogen-bond acceptors (Lipinski definition) is 3. The van der Waals surface area contributed by atoms with E-state index in [9.17, 15) is 14.4 Å². The third kappa shape index (κ3) is 1.71. The van der Waals surface area contributed by atoms with Crippen molar-refractivity contribution in [2.75, 3.05) is 0 Å². The van der Waals surface area contributed by atoms with E-state index in [2.05, 4.69) is 0 Å². The molecule has 0 amide bonds. The molecule has 2 heterocycles. The third-order valence-electron chi connectivity index (χ3n) is 2.48. The average molecular weight is 231 g/mol. The SMILES string of the molecule is CC(=O)c1cc(C(=O)O)c2ccccn2c1=O. The van der Waals surface area contributed by atoms with Gasteiger partial charge in [-0.25, -0.2) is 4.79 Å². The molecule has 5 heteroatoms. The summed E-state index contributed by atoms with van der Waals surface area (Å²) in [6.07, 6.45) is 1.44. The molecule has 0 aliphatic heterocycles. The molecular weight excluding hydrogens is 222 g/mol. The Labute approximate surface area is 95.9 Å². The van der Waals surface area contributed by atoms with E-state index < -0.39 is 17.3 Å². The molecule has 2 rings (SSSR count). The van der Waals surface area contributed by atoms with E-state index in [0.29, 0.717) is 0 Å². The van der Waals surface area contributed by atoms with Gasteiger partial charge in [0, 0.05) is 6.20 Å². The van der Waals surface area contributed by atoms with Gasteiger partial charge in [-0.3, -0.25) is 14.0 Å². The first kappa shape index (κ1) is 11.1. The van der Waals surface area contributed by atoms with Crippen molar-refractivity contribution < 1.29 is 14.7 Å². The molecule has 0 radical (unpaired) electrons. The Balaban J connectivity index is 3.00. The van der Waals surface area contributed by atoms with Crippen LogP contribution in [0.2, 0.25) is 0 Å². The molecule has 0 aromatic carbocycles. The molecule has 5 nitrogen and oxygen atoms in total. The van der Waals surface area contributed by atoms with Crippen molar-refractivity contribution in [3.8, 4) is 0 Å². The van der Waals surface area contributed by atoms with Gasteiger partial charge in [-0.05, 0) is 25.1 Å². The molecule has 0 saturated carbocycles. The van der Waals surface area contributed by atoms with Gasteiger partial charge in [-0.1, -0.05) is 6.07 Å².